The average molecular weight is 361 g/mol. The Morgan fingerprint density at radius 2 is 1.19 bits per heavy atom. The molecule has 0 aliphatic heterocycles. The maximum atomic E-state index is 2.39. The van der Waals surface area contributed by atoms with Crippen molar-refractivity contribution in [2.24, 2.45) is 17.8 Å². The Hall–Kier alpha value is -1.56. The van der Waals surface area contributed by atoms with Crippen LogP contribution in [0.1, 0.15) is 82.6 Å². The summed E-state index contributed by atoms with van der Waals surface area (Å²) in [4.78, 5) is 0. The van der Waals surface area contributed by atoms with E-state index in [-0.39, 0.29) is 0 Å². The van der Waals surface area contributed by atoms with E-state index in [9.17, 15) is 0 Å². The summed E-state index contributed by atoms with van der Waals surface area (Å²) in [5.74, 6) is 3.90. The van der Waals surface area contributed by atoms with Crippen molar-refractivity contribution in [1.82, 2.24) is 0 Å². The van der Waals surface area contributed by atoms with E-state index in [2.05, 4.69) is 61.5 Å². The predicted octanol–water partition coefficient (Wildman–Crippen LogP) is 8.23. The molecule has 27 heavy (non-hydrogen) atoms. The molecule has 2 saturated carbocycles. The lowest BCUT2D eigenvalue weighted by Crippen LogP contribution is -2.25. The molecule has 2 aliphatic carbocycles. The van der Waals surface area contributed by atoms with Gasteiger partial charge < -0.3 is 0 Å². The maximum Gasteiger partial charge on any atom is -0.0162 e. The quantitative estimate of drug-likeness (QED) is 0.503. The zero-order chi connectivity index (χ0) is 18.5. The van der Waals surface area contributed by atoms with Crippen LogP contribution in [0.3, 0.4) is 0 Å². The number of benzene rings is 2. The molecule has 0 nitrogen and oxygen atoms in total. The molecule has 0 radical (unpaired) electrons. The highest BCUT2D eigenvalue weighted by atomic mass is 14.4. The van der Waals surface area contributed by atoms with Crippen LogP contribution < -0.4 is 0 Å². The molecule has 0 saturated heterocycles. The summed E-state index contributed by atoms with van der Waals surface area (Å²) in [6.45, 7) is 2.35. The number of hydrogen-bond acceptors (Lipinski definition) is 0. The van der Waals surface area contributed by atoms with Gasteiger partial charge in [-0.3, -0.25) is 0 Å². The SMILES string of the molecule is CCC[C@H]1CC[C@H](C2CCC(c3ccc(-c4ccccc4)cc3)CC2)CC1. The summed E-state index contributed by atoms with van der Waals surface area (Å²) in [5.41, 5.74) is 4.24. The van der Waals surface area contributed by atoms with Crippen molar-refractivity contribution in [3.8, 4) is 11.1 Å². The minimum atomic E-state index is 0.794. The molecule has 0 aromatic heterocycles. The van der Waals surface area contributed by atoms with Crippen LogP contribution in [0.15, 0.2) is 54.6 Å². The summed E-state index contributed by atoms with van der Waals surface area (Å²) in [5, 5.41) is 0. The smallest absolute Gasteiger partial charge is 0.0162 e. The van der Waals surface area contributed by atoms with Crippen LogP contribution in [0.5, 0.6) is 0 Å². The predicted molar refractivity (Wildman–Crippen MR) is 117 cm³/mol. The van der Waals surface area contributed by atoms with Gasteiger partial charge in [-0.2, -0.15) is 0 Å². The molecule has 2 aromatic carbocycles. The third-order valence-corrected chi connectivity index (χ3v) is 7.52. The summed E-state index contributed by atoms with van der Waals surface area (Å²) in [7, 11) is 0. The normalized spacial score (nSPS) is 28.8. The Bertz CT molecular complexity index is 668. The molecule has 2 aliphatic rings. The zero-order valence-corrected chi connectivity index (χ0v) is 17.1. The van der Waals surface area contributed by atoms with Crippen molar-refractivity contribution >= 4 is 0 Å². The van der Waals surface area contributed by atoms with Crippen LogP contribution in [-0.2, 0) is 0 Å². The molecular formula is C27H36. The van der Waals surface area contributed by atoms with Gasteiger partial charge in [0.05, 0.1) is 0 Å². The van der Waals surface area contributed by atoms with Gasteiger partial charge in [0.2, 0.25) is 0 Å². The van der Waals surface area contributed by atoms with Gasteiger partial charge in [-0.05, 0) is 78.9 Å². The van der Waals surface area contributed by atoms with Crippen LogP contribution >= 0.6 is 0 Å². The van der Waals surface area contributed by atoms with Crippen molar-refractivity contribution in [2.45, 2.75) is 77.0 Å². The van der Waals surface area contributed by atoms with Gasteiger partial charge in [0.15, 0.2) is 0 Å². The Morgan fingerprint density at radius 1 is 0.630 bits per heavy atom. The van der Waals surface area contributed by atoms with E-state index in [1.54, 1.807) is 5.56 Å². The molecule has 144 valence electrons. The van der Waals surface area contributed by atoms with E-state index in [1.165, 1.54) is 75.3 Å². The fourth-order valence-corrected chi connectivity index (χ4v) is 5.86. The highest BCUT2D eigenvalue weighted by molar-refractivity contribution is 5.63. The minimum Gasteiger partial charge on any atom is -0.0654 e. The van der Waals surface area contributed by atoms with E-state index >= 15 is 0 Å². The first-order valence-electron chi connectivity index (χ1n) is 11.5. The minimum absolute atomic E-state index is 0.794. The lowest BCUT2D eigenvalue weighted by Gasteiger charge is -2.38. The van der Waals surface area contributed by atoms with E-state index in [4.69, 9.17) is 0 Å². The molecule has 0 amide bonds. The molecule has 0 unspecified atom stereocenters. The standard InChI is InChI=1S/C27H36/c1-2-6-21-9-11-23(12-10-21)25-17-19-27(20-18-25)26-15-13-24(14-16-26)22-7-4-3-5-8-22/h3-5,7-8,13-16,21,23,25,27H,2,6,9-12,17-20H2,1H3/t21-,23-,25?,27?. The van der Waals surface area contributed by atoms with Gasteiger partial charge in [0, 0.05) is 0 Å². The van der Waals surface area contributed by atoms with Crippen molar-refractivity contribution in [3.05, 3.63) is 60.2 Å². The first-order valence-corrected chi connectivity index (χ1v) is 11.5. The lowest BCUT2D eigenvalue weighted by molar-refractivity contribution is 0.156. The molecule has 0 N–H and O–H groups in total. The first kappa shape index (κ1) is 18.8. The van der Waals surface area contributed by atoms with Gasteiger partial charge >= 0.3 is 0 Å². The number of rotatable bonds is 5. The highest BCUT2D eigenvalue weighted by Gasteiger charge is 2.31. The molecule has 0 bridgehead atoms. The van der Waals surface area contributed by atoms with Crippen LogP contribution in [0.2, 0.25) is 0 Å². The van der Waals surface area contributed by atoms with Crippen LogP contribution in [0, 0.1) is 17.8 Å². The van der Waals surface area contributed by atoms with Gasteiger partial charge in [-0.1, -0.05) is 87.2 Å². The Kier molecular flexibility index (Phi) is 6.32. The molecule has 2 aromatic rings. The first-order chi connectivity index (χ1) is 13.3. The lowest BCUT2D eigenvalue weighted by atomic mass is 9.68. The summed E-state index contributed by atoms with van der Waals surface area (Å²) >= 11 is 0. The second-order valence-electron chi connectivity index (χ2n) is 9.17. The maximum absolute atomic E-state index is 2.39. The van der Waals surface area contributed by atoms with Gasteiger partial charge in [0.1, 0.15) is 0 Å². The second kappa shape index (κ2) is 9.09. The molecular weight excluding hydrogens is 324 g/mol. The molecule has 4 rings (SSSR count). The fraction of sp³-hybridized carbons (Fsp3) is 0.556. The van der Waals surface area contributed by atoms with Crippen molar-refractivity contribution in [1.29, 1.82) is 0 Å². The Balaban J connectivity index is 1.29. The summed E-state index contributed by atoms with van der Waals surface area (Å²) < 4.78 is 0. The third kappa shape index (κ3) is 4.65. The topological polar surface area (TPSA) is 0 Å². The summed E-state index contributed by atoms with van der Waals surface area (Å²) in [6.07, 6.45) is 14.7. The summed E-state index contributed by atoms with van der Waals surface area (Å²) in [6, 6.07) is 20.2. The Morgan fingerprint density at radius 3 is 1.78 bits per heavy atom. The van der Waals surface area contributed by atoms with Crippen molar-refractivity contribution in [3.63, 3.8) is 0 Å². The Labute approximate surface area is 166 Å². The number of hydrogen-bond donors (Lipinski definition) is 0. The van der Waals surface area contributed by atoms with Crippen LogP contribution in [0.25, 0.3) is 11.1 Å². The molecule has 0 heteroatoms. The van der Waals surface area contributed by atoms with Crippen LogP contribution in [-0.4, -0.2) is 0 Å². The zero-order valence-electron chi connectivity index (χ0n) is 17.1. The third-order valence-electron chi connectivity index (χ3n) is 7.52. The van der Waals surface area contributed by atoms with Crippen LogP contribution in [0.4, 0.5) is 0 Å². The largest absolute Gasteiger partial charge is 0.0654 e. The fourth-order valence-electron chi connectivity index (χ4n) is 5.86. The van der Waals surface area contributed by atoms with E-state index in [1.807, 2.05) is 0 Å². The highest BCUT2D eigenvalue weighted by Crippen LogP contribution is 2.44. The van der Waals surface area contributed by atoms with E-state index in [0.29, 0.717) is 0 Å². The van der Waals surface area contributed by atoms with Gasteiger partial charge in [0.25, 0.3) is 0 Å². The van der Waals surface area contributed by atoms with Crippen molar-refractivity contribution in [2.75, 3.05) is 0 Å². The molecule has 0 heterocycles. The van der Waals surface area contributed by atoms with Gasteiger partial charge in [-0.25, -0.2) is 0 Å². The average Bonchev–Trinajstić information content (AvgIpc) is 2.75. The molecule has 0 atom stereocenters. The molecule has 2 fully saturated rings. The van der Waals surface area contributed by atoms with Crippen molar-refractivity contribution < 1.29 is 0 Å². The van der Waals surface area contributed by atoms with Gasteiger partial charge in [-0.15, -0.1) is 0 Å². The monoisotopic (exact) mass is 360 g/mol. The second-order valence-corrected chi connectivity index (χ2v) is 9.17. The van der Waals surface area contributed by atoms with E-state index in [0.717, 1.165) is 23.7 Å². The van der Waals surface area contributed by atoms with E-state index < -0.39 is 0 Å². The molecule has 0 spiro atoms.